The number of aryl methyl sites for hydroxylation is 1. The molecule has 4 rings (SSSR count). The number of fused-ring (bicyclic) bond motifs is 1. The van der Waals surface area contributed by atoms with Crippen LogP contribution < -0.4 is 11.1 Å². The minimum Gasteiger partial charge on any atom is -0.399 e. The summed E-state index contributed by atoms with van der Waals surface area (Å²) in [5, 5.41) is 3.40. The molecule has 0 aliphatic heterocycles. The predicted octanol–water partition coefficient (Wildman–Crippen LogP) is 4.70. The zero-order chi connectivity index (χ0) is 17.3. The smallest absolute Gasteiger partial charge is 0.231 e. The van der Waals surface area contributed by atoms with Crippen molar-refractivity contribution in [1.82, 2.24) is 5.32 Å². The van der Waals surface area contributed by atoms with E-state index in [-0.39, 0.29) is 29.8 Å². The molecule has 3 N–H and O–H groups in total. The zero-order valence-corrected chi connectivity index (χ0v) is 15.9. The number of hydrogen-bond donors (Lipinski definition) is 2. The third-order valence-corrected chi connectivity index (χ3v) is 6.00. The molecule has 1 saturated carbocycles. The molecular weight excluding hydrogens is 344 g/mol. The fraction of sp³-hybridized carbons (Fsp3) is 0.409. The molecule has 1 fully saturated rings. The summed E-state index contributed by atoms with van der Waals surface area (Å²) in [7, 11) is 0. The molecule has 2 aliphatic carbocycles. The molecule has 2 aromatic carbocycles. The Morgan fingerprint density at radius 2 is 1.77 bits per heavy atom. The quantitative estimate of drug-likeness (QED) is 0.769. The number of nitrogen functional groups attached to an aromatic ring is 1. The molecule has 0 heterocycles. The SMILES string of the molecule is Cl.Nc1ccc2c(c1)CCCC2NC(=O)C1(c2ccccc2)CCCC1. The second kappa shape index (κ2) is 7.71. The average Bonchev–Trinajstić information content (AvgIpc) is 3.13. The highest BCUT2D eigenvalue weighted by Gasteiger charge is 2.43. The third kappa shape index (κ3) is 3.33. The summed E-state index contributed by atoms with van der Waals surface area (Å²) in [6, 6.07) is 16.5. The lowest BCUT2D eigenvalue weighted by atomic mass is 9.77. The molecule has 1 unspecified atom stereocenters. The van der Waals surface area contributed by atoms with E-state index in [1.54, 1.807) is 0 Å². The Morgan fingerprint density at radius 1 is 1.04 bits per heavy atom. The molecule has 0 bridgehead atoms. The number of halogens is 1. The molecule has 26 heavy (non-hydrogen) atoms. The van der Waals surface area contributed by atoms with Crippen LogP contribution in [0.4, 0.5) is 5.69 Å². The topological polar surface area (TPSA) is 55.1 Å². The van der Waals surface area contributed by atoms with E-state index in [2.05, 4.69) is 29.6 Å². The number of carbonyl (C=O) groups is 1. The van der Waals surface area contributed by atoms with Crippen molar-refractivity contribution in [2.45, 2.75) is 56.4 Å². The third-order valence-electron chi connectivity index (χ3n) is 6.00. The normalized spacial score (nSPS) is 20.7. The second-order valence-corrected chi connectivity index (χ2v) is 7.53. The van der Waals surface area contributed by atoms with Gasteiger partial charge in [-0.3, -0.25) is 4.79 Å². The molecule has 1 amide bonds. The van der Waals surface area contributed by atoms with Gasteiger partial charge in [0.15, 0.2) is 0 Å². The number of amides is 1. The minimum absolute atomic E-state index is 0. The van der Waals surface area contributed by atoms with Gasteiger partial charge in [-0.25, -0.2) is 0 Å². The van der Waals surface area contributed by atoms with E-state index >= 15 is 0 Å². The van der Waals surface area contributed by atoms with Crippen LogP contribution in [0.5, 0.6) is 0 Å². The zero-order valence-electron chi connectivity index (χ0n) is 15.0. The summed E-state index contributed by atoms with van der Waals surface area (Å²) < 4.78 is 0. The van der Waals surface area contributed by atoms with Gasteiger partial charge in [-0.2, -0.15) is 0 Å². The fourth-order valence-electron chi connectivity index (χ4n) is 4.66. The maximum atomic E-state index is 13.4. The van der Waals surface area contributed by atoms with Crippen molar-refractivity contribution in [3.05, 3.63) is 65.2 Å². The Morgan fingerprint density at radius 3 is 2.50 bits per heavy atom. The Kier molecular flexibility index (Phi) is 5.57. The van der Waals surface area contributed by atoms with Crippen LogP contribution in [-0.2, 0) is 16.6 Å². The van der Waals surface area contributed by atoms with Gasteiger partial charge in [-0.05, 0) is 60.9 Å². The Labute approximate surface area is 161 Å². The van der Waals surface area contributed by atoms with Crippen LogP contribution in [-0.4, -0.2) is 5.91 Å². The first-order valence-electron chi connectivity index (χ1n) is 9.44. The molecule has 0 radical (unpaired) electrons. The molecular formula is C22H27ClN2O. The second-order valence-electron chi connectivity index (χ2n) is 7.53. The summed E-state index contributed by atoms with van der Waals surface area (Å²) in [6.07, 6.45) is 7.30. The van der Waals surface area contributed by atoms with E-state index in [1.807, 2.05) is 24.3 Å². The predicted molar refractivity (Wildman–Crippen MR) is 109 cm³/mol. The van der Waals surface area contributed by atoms with E-state index in [0.29, 0.717) is 0 Å². The van der Waals surface area contributed by atoms with Crippen LogP contribution in [0.3, 0.4) is 0 Å². The van der Waals surface area contributed by atoms with Crippen LogP contribution in [0.25, 0.3) is 0 Å². The van der Waals surface area contributed by atoms with Gasteiger partial charge in [-0.1, -0.05) is 49.2 Å². The Balaban J connectivity index is 0.00000196. The Bertz CT molecular complexity index is 769. The van der Waals surface area contributed by atoms with Crippen molar-refractivity contribution in [3.8, 4) is 0 Å². The van der Waals surface area contributed by atoms with Crippen LogP contribution in [0, 0.1) is 0 Å². The van der Waals surface area contributed by atoms with Gasteiger partial charge in [0, 0.05) is 5.69 Å². The van der Waals surface area contributed by atoms with Crippen molar-refractivity contribution in [2.75, 3.05) is 5.73 Å². The summed E-state index contributed by atoms with van der Waals surface area (Å²) in [4.78, 5) is 13.4. The lowest BCUT2D eigenvalue weighted by molar-refractivity contribution is -0.127. The molecule has 0 spiro atoms. The molecule has 4 heteroatoms. The van der Waals surface area contributed by atoms with Crippen molar-refractivity contribution < 1.29 is 4.79 Å². The number of benzene rings is 2. The number of rotatable bonds is 3. The van der Waals surface area contributed by atoms with Gasteiger partial charge in [0.25, 0.3) is 0 Å². The van der Waals surface area contributed by atoms with Gasteiger partial charge in [0.2, 0.25) is 5.91 Å². The van der Waals surface area contributed by atoms with Gasteiger partial charge < -0.3 is 11.1 Å². The van der Waals surface area contributed by atoms with Crippen LogP contribution in [0.1, 0.15) is 61.3 Å². The van der Waals surface area contributed by atoms with Gasteiger partial charge in [-0.15, -0.1) is 12.4 Å². The maximum Gasteiger partial charge on any atom is 0.231 e. The highest BCUT2D eigenvalue weighted by atomic mass is 35.5. The van der Waals surface area contributed by atoms with Gasteiger partial charge in [0.1, 0.15) is 0 Å². The Hall–Kier alpha value is -2.00. The average molecular weight is 371 g/mol. The molecule has 138 valence electrons. The fourth-order valence-corrected chi connectivity index (χ4v) is 4.66. The molecule has 3 nitrogen and oxygen atoms in total. The number of anilines is 1. The lowest BCUT2D eigenvalue weighted by Crippen LogP contribution is -2.44. The van der Waals surface area contributed by atoms with E-state index in [9.17, 15) is 4.79 Å². The highest BCUT2D eigenvalue weighted by molar-refractivity contribution is 5.89. The number of hydrogen-bond acceptors (Lipinski definition) is 2. The van der Waals surface area contributed by atoms with E-state index in [0.717, 1.165) is 50.6 Å². The van der Waals surface area contributed by atoms with Gasteiger partial charge >= 0.3 is 0 Å². The first-order valence-corrected chi connectivity index (χ1v) is 9.44. The summed E-state index contributed by atoms with van der Waals surface area (Å²) >= 11 is 0. The van der Waals surface area contributed by atoms with Crippen LogP contribution in [0.2, 0.25) is 0 Å². The standard InChI is InChI=1S/C22H26N2O.ClH/c23-18-11-12-19-16(15-18)7-6-10-20(19)24-21(25)22(13-4-5-14-22)17-8-2-1-3-9-17;/h1-3,8-9,11-12,15,20H,4-7,10,13-14,23H2,(H,24,25);1H. The molecule has 0 aromatic heterocycles. The first-order chi connectivity index (χ1) is 12.2. The molecule has 1 atom stereocenters. The largest absolute Gasteiger partial charge is 0.399 e. The van der Waals surface area contributed by atoms with Crippen molar-refractivity contribution in [2.24, 2.45) is 0 Å². The van der Waals surface area contributed by atoms with Crippen molar-refractivity contribution in [1.29, 1.82) is 0 Å². The molecule has 2 aliphatic rings. The minimum atomic E-state index is -0.354. The number of carbonyl (C=O) groups excluding carboxylic acids is 1. The molecule has 0 saturated heterocycles. The summed E-state index contributed by atoms with van der Waals surface area (Å²) in [5.41, 5.74) is 10.1. The van der Waals surface area contributed by atoms with Crippen molar-refractivity contribution in [3.63, 3.8) is 0 Å². The monoisotopic (exact) mass is 370 g/mol. The van der Waals surface area contributed by atoms with E-state index in [1.165, 1.54) is 16.7 Å². The highest BCUT2D eigenvalue weighted by Crippen LogP contribution is 2.42. The lowest BCUT2D eigenvalue weighted by Gasteiger charge is -2.33. The van der Waals surface area contributed by atoms with Crippen molar-refractivity contribution >= 4 is 24.0 Å². The van der Waals surface area contributed by atoms with Gasteiger partial charge in [0.05, 0.1) is 11.5 Å². The number of nitrogens with two attached hydrogens (primary N) is 1. The first kappa shape index (κ1) is 18.8. The summed E-state index contributed by atoms with van der Waals surface area (Å²) in [5.74, 6) is 0.200. The number of nitrogens with one attached hydrogen (secondary N) is 1. The van der Waals surface area contributed by atoms with Crippen LogP contribution in [0.15, 0.2) is 48.5 Å². The molecule has 2 aromatic rings. The summed E-state index contributed by atoms with van der Waals surface area (Å²) in [6.45, 7) is 0. The van der Waals surface area contributed by atoms with E-state index < -0.39 is 0 Å². The maximum absolute atomic E-state index is 13.4. The van der Waals surface area contributed by atoms with E-state index in [4.69, 9.17) is 5.73 Å². The van der Waals surface area contributed by atoms with Crippen LogP contribution >= 0.6 is 12.4 Å².